The number of rotatable bonds is 7. The molecule has 0 atom stereocenters. The molecule has 130 valence electrons. The zero-order valence-electron chi connectivity index (χ0n) is 13.5. The van der Waals surface area contributed by atoms with E-state index in [4.69, 9.17) is 25.8 Å². The van der Waals surface area contributed by atoms with Crippen LogP contribution in [0.3, 0.4) is 0 Å². The molecule has 2 aromatic rings. The van der Waals surface area contributed by atoms with Crippen LogP contribution in [-0.2, 0) is 16.6 Å². The first-order chi connectivity index (χ1) is 11.4. The molecule has 24 heavy (non-hydrogen) atoms. The lowest BCUT2D eigenvalue weighted by Crippen LogP contribution is -2.23. The number of methoxy groups -OCH3 is 3. The summed E-state index contributed by atoms with van der Waals surface area (Å²) in [4.78, 5) is -0.0158. The summed E-state index contributed by atoms with van der Waals surface area (Å²) in [6.07, 6.45) is 0. The zero-order valence-corrected chi connectivity index (χ0v) is 15.1. The summed E-state index contributed by atoms with van der Waals surface area (Å²) in [5.74, 6) is 1.31. The molecule has 0 radical (unpaired) electrons. The van der Waals surface area contributed by atoms with E-state index in [0.29, 0.717) is 16.5 Å². The van der Waals surface area contributed by atoms with E-state index >= 15 is 0 Å². The zero-order chi connectivity index (χ0) is 17.7. The Morgan fingerprint density at radius 3 is 2.17 bits per heavy atom. The summed E-state index contributed by atoms with van der Waals surface area (Å²) >= 11 is 5.89. The Morgan fingerprint density at radius 1 is 0.917 bits per heavy atom. The molecule has 6 nitrogen and oxygen atoms in total. The molecule has 1 N–H and O–H groups in total. The van der Waals surface area contributed by atoms with E-state index in [1.807, 2.05) is 0 Å². The Balaban J connectivity index is 2.23. The maximum absolute atomic E-state index is 12.5. The van der Waals surface area contributed by atoms with Crippen LogP contribution < -0.4 is 18.9 Å². The Morgan fingerprint density at radius 2 is 1.54 bits per heavy atom. The van der Waals surface area contributed by atoms with Gasteiger partial charge >= 0.3 is 0 Å². The van der Waals surface area contributed by atoms with Crippen LogP contribution in [0.4, 0.5) is 0 Å². The van der Waals surface area contributed by atoms with Crippen LogP contribution in [0, 0.1) is 0 Å². The highest BCUT2D eigenvalue weighted by Crippen LogP contribution is 2.29. The van der Waals surface area contributed by atoms with Crippen molar-refractivity contribution in [1.29, 1.82) is 0 Å². The van der Waals surface area contributed by atoms with Gasteiger partial charge in [-0.15, -0.1) is 0 Å². The third-order valence-electron chi connectivity index (χ3n) is 3.33. The molecule has 0 spiro atoms. The lowest BCUT2D eigenvalue weighted by atomic mass is 10.2. The molecule has 2 rings (SSSR count). The number of ether oxygens (including phenoxy) is 3. The van der Waals surface area contributed by atoms with Crippen LogP contribution in [0.15, 0.2) is 41.3 Å². The highest BCUT2D eigenvalue weighted by molar-refractivity contribution is 7.89. The van der Waals surface area contributed by atoms with Crippen molar-refractivity contribution in [1.82, 2.24) is 4.72 Å². The van der Waals surface area contributed by atoms with Gasteiger partial charge in [0.15, 0.2) is 11.5 Å². The molecule has 8 heteroatoms. The van der Waals surface area contributed by atoms with Crippen molar-refractivity contribution in [2.45, 2.75) is 11.4 Å². The molecule has 0 aliphatic carbocycles. The lowest BCUT2D eigenvalue weighted by molar-refractivity contribution is 0.354. The molecular weight excluding hydrogens is 354 g/mol. The average Bonchev–Trinajstić information content (AvgIpc) is 2.59. The predicted octanol–water partition coefficient (Wildman–Crippen LogP) is 2.84. The van der Waals surface area contributed by atoms with Gasteiger partial charge in [0, 0.05) is 11.6 Å². The number of benzene rings is 2. The Labute approximate surface area is 146 Å². The van der Waals surface area contributed by atoms with Crippen LogP contribution >= 0.6 is 11.6 Å². The minimum Gasteiger partial charge on any atom is -0.495 e. The van der Waals surface area contributed by atoms with E-state index in [2.05, 4.69) is 4.72 Å². The van der Waals surface area contributed by atoms with Crippen LogP contribution in [0.5, 0.6) is 17.2 Å². The Kier molecular flexibility index (Phi) is 5.93. The van der Waals surface area contributed by atoms with E-state index in [1.165, 1.54) is 33.5 Å². The van der Waals surface area contributed by atoms with Gasteiger partial charge in [-0.25, -0.2) is 13.1 Å². The molecule has 2 aromatic carbocycles. The van der Waals surface area contributed by atoms with Crippen LogP contribution in [0.1, 0.15) is 5.56 Å². The van der Waals surface area contributed by atoms with Crippen molar-refractivity contribution >= 4 is 21.6 Å². The van der Waals surface area contributed by atoms with E-state index < -0.39 is 10.0 Å². The smallest absolute Gasteiger partial charge is 0.244 e. The van der Waals surface area contributed by atoms with Crippen molar-refractivity contribution in [3.63, 3.8) is 0 Å². The van der Waals surface area contributed by atoms with Gasteiger partial charge in [0.25, 0.3) is 0 Å². The normalized spacial score (nSPS) is 11.2. The first kappa shape index (κ1) is 18.4. The van der Waals surface area contributed by atoms with Gasteiger partial charge in [0.05, 0.1) is 21.3 Å². The molecule has 0 aromatic heterocycles. The summed E-state index contributed by atoms with van der Waals surface area (Å²) < 4.78 is 43.0. The molecule has 0 amide bonds. The van der Waals surface area contributed by atoms with Crippen molar-refractivity contribution in [3.8, 4) is 17.2 Å². The molecule has 0 aliphatic heterocycles. The van der Waals surface area contributed by atoms with E-state index in [9.17, 15) is 8.42 Å². The molecule has 0 bridgehead atoms. The number of halogens is 1. The third-order valence-corrected chi connectivity index (χ3v) is 4.99. The van der Waals surface area contributed by atoms with Gasteiger partial charge in [-0.2, -0.15) is 0 Å². The molecule has 0 saturated carbocycles. The van der Waals surface area contributed by atoms with Gasteiger partial charge < -0.3 is 14.2 Å². The molecule has 0 unspecified atom stereocenters. The van der Waals surface area contributed by atoms with Crippen molar-refractivity contribution in [2.24, 2.45) is 0 Å². The quantitative estimate of drug-likeness (QED) is 0.810. The number of sulfonamides is 1. The molecular formula is C16H18ClNO5S. The number of nitrogens with one attached hydrogen (secondary N) is 1. The first-order valence-electron chi connectivity index (χ1n) is 6.95. The summed E-state index contributed by atoms with van der Waals surface area (Å²) in [7, 11) is 0.659. The molecule has 0 saturated heterocycles. The number of hydrogen-bond acceptors (Lipinski definition) is 5. The SMILES string of the molecule is COc1ccc(CNS(=O)(=O)c2cc(Cl)ccc2OC)cc1OC. The monoisotopic (exact) mass is 371 g/mol. The van der Waals surface area contributed by atoms with Gasteiger partial charge in [-0.1, -0.05) is 17.7 Å². The van der Waals surface area contributed by atoms with Crippen molar-refractivity contribution in [2.75, 3.05) is 21.3 Å². The largest absolute Gasteiger partial charge is 0.495 e. The van der Waals surface area contributed by atoms with Gasteiger partial charge in [-0.05, 0) is 35.9 Å². The number of hydrogen-bond donors (Lipinski definition) is 1. The second-order valence-electron chi connectivity index (χ2n) is 4.81. The minimum absolute atomic E-state index is 0.0158. The van der Waals surface area contributed by atoms with E-state index in [0.717, 1.165) is 5.56 Å². The highest BCUT2D eigenvalue weighted by Gasteiger charge is 2.20. The summed E-state index contributed by atoms with van der Waals surface area (Å²) in [5, 5.41) is 0.308. The minimum atomic E-state index is -3.79. The predicted molar refractivity (Wildman–Crippen MR) is 91.6 cm³/mol. The third kappa shape index (κ3) is 4.11. The van der Waals surface area contributed by atoms with Gasteiger partial charge in [-0.3, -0.25) is 0 Å². The summed E-state index contributed by atoms with van der Waals surface area (Å²) in [5.41, 5.74) is 0.720. The van der Waals surface area contributed by atoms with E-state index in [1.54, 1.807) is 24.3 Å². The maximum atomic E-state index is 12.5. The Hall–Kier alpha value is -1.96. The van der Waals surface area contributed by atoms with Crippen molar-refractivity contribution in [3.05, 3.63) is 47.0 Å². The standard InChI is InChI=1S/C16H18ClNO5S/c1-21-13-6-4-11(8-15(13)23-3)10-18-24(19,20)16-9-12(17)5-7-14(16)22-2/h4-9,18H,10H2,1-3H3. The average molecular weight is 372 g/mol. The second-order valence-corrected chi connectivity index (χ2v) is 6.98. The van der Waals surface area contributed by atoms with Crippen molar-refractivity contribution < 1.29 is 22.6 Å². The highest BCUT2D eigenvalue weighted by atomic mass is 35.5. The summed E-state index contributed by atoms with van der Waals surface area (Å²) in [6.45, 7) is 0.0817. The van der Waals surface area contributed by atoms with Gasteiger partial charge in [0.2, 0.25) is 10.0 Å². The lowest BCUT2D eigenvalue weighted by Gasteiger charge is -2.12. The first-order valence-corrected chi connectivity index (χ1v) is 8.81. The van der Waals surface area contributed by atoms with E-state index in [-0.39, 0.29) is 17.2 Å². The molecule has 0 fully saturated rings. The molecule has 0 heterocycles. The van der Waals surface area contributed by atoms with Gasteiger partial charge in [0.1, 0.15) is 10.6 Å². The van der Waals surface area contributed by atoms with Crippen LogP contribution in [0.25, 0.3) is 0 Å². The Bertz CT molecular complexity index is 823. The fraction of sp³-hybridized carbons (Fsp3) is 0.250. The topological polar surface area (TPSA) is 73.9 Å². The fourth-order valence-electron chi connectivity index (χ4n) is 2.11. The maximum Gasteiger partial charge on any atom is 0.244 e. The summed E-state index contributed by atoms with van der Waals surface area (Å²) in [6, 6.07) is 9.58. The second kappa shape index (κ2) is 7.74. The van der Waals surface area contributed by atoms with Crippen LogP contribution in [0.2, 0.25) is 5.02 Å². The van der Waals surface area contributed by atoms with Crippen LogP contribution in [-0.4, -0.2) is 29.7 Å². The molecule has 0 aliphatic rings. The fourth-order valence-corrected chi connectivity index (χ4v) is 3.55.